The van der Waals surface area contributed by atoms with E-state index in [0.29, 0.717) is 51.7 Å². The molecule has 42 heavy (non-hydrogen) atoms. The van der Waals surface area contributed by atoms with Gasteiger partial charge >= 0.3 is 0 Å². The molecule has 2 N–H and O–H groups in total. The van der Waals surface area contributed by atoms with Crippen molar-refractivity contribution in [1.82, 2.24) is 24.8 Å². The summed E-state index contributed by atoms with van der Waals surface area (Å²) < 4.78 is 11.5. The van der Waals surface area contributed by atoms with E-state index in [2.05, 4.69) is 24.7 Å². The summed E-state index contributed by atoms with van der Waals surface area (Å²) >= 11 is 12.6. The molecule has 1 amide bonds. The average Bonchev–Trinajstić information content (AvgIpc) is 2.93. The highest BCUT2D eigenvalue weighted by atomic mass is 35.5. The molecule has 222 valence electrons. The van der Waals surface area contributed by atoms with E-state index in [0.717, 1.165) is 83.0 Å². The molecular formula is C30H35Cl2N7O3. The molecule has 3 aliphatic heterocycles. The van der Waals surface area contributed by atoms with Crippen LogP contribution < -0.4 is 15.4 Å². The number of primary amides is 1. The molecule has 0 bridgehead atoms. The number of pyridine rings is 1. The summed E-state index contributed by atoms with van der Waals surface area (Å²) in [4.78, 5) is 32.4. The van der Waals surface area contributed by atoms with Crippen LogP contribution in [-0.4, -0.2) is 89.2 Å². The van der Waals surface area contributed by atoms with E-state index >= 15 is 0 Å². The Morgan fingerprint density at radius 1 is 0.952 bits per heavy atom. The van der Waals surface area contributed by atoms with Gasteiger partial charge in [0.15, 0.2) is 5.75 Å². The van der Waals surface area contributed by atoms with Crippen molar-refractivity contribution in [3.63, 3.8) is 0 Å². The molecule has 3 aliphatic rings. The molecule has 0 aliphatic carbocycles. The van der Waals surface area contributed by atoms with Crippen LogP contribution in [0.4, 0.5) is 5.95 Å². The molecule has 3 aromatic rings. The number of nitrogens with zero attached hydrogens (tertiary/aromatic N) is 6. The summed E-state index contributed by atoms with van der Waals surface area (Å²) in [5, 5.41) is 1.07. The first-order valence-electron chi connectivity index (χ1n) is 14.4. The van der Waals surface area contributed by atoms with Gasteiger partial charge in [-0.25, -0.2) is 15.0 Å². The fourth-order valence-corrected chi connectivity index (χ4v) is 6.34. The molecule has 12 heteroatoms. The summed E-state index contributed by atoms with van der Waals surface area (Å²) in [7, 11) is 0. The highest BCUT2D eigenvalue weighted by molar-refractivity contribution is 6.35. The zero-order chi connectivity index (χ0) is 29.1. The van der Waals surface area contributed by atoms with Crippen LogP contribution in [-0.2, 0) is 16.1 Å². The van der Waals surface area contributed by atoms with Gasteiger partial charge in [0, 0.05) is 60.8 Å². The van der Waals surface area contributed by atoms with Gasteiger partial charge in [-0.3, -0.25) is 14.6 Å². The summed E-state index contributed by atoms with van der Waals surface area (Å²) in [5.41, 5.74) is 7.98. The van der Waals surface area contributed by atoms with Crippen molar-refractivity contribution in [2.75, 3.05) is 57.4 Å². The van der Waals surface area contributed by atoms with E-state index in [9.17, 15) is 4.79 Å². The lowest BCUT2D eigenvalue weighted by Crippen LogP contribution is -2.56. The van der Waals surface area contributed by atoms with Gasteiger partial charge in [-0.15, -0.1) is 0 Å². The number of hydrogen-bond acceptors (Lipinski definition) is 9. The lowest BCUT2D eigenvalue weighted by atomic mass is 9.93. The van der Waals surface area contributed by atoms with Gasteiger partial charge in [-0.05, 0) is 61.7 Å². The number of amides is 1. The minimum absolute atomic E-state index is 0.228. The van der Waals surface area contributed by atoms with Crippen molar-refractivity contribution in [1.29, 1.82) is 0 Å². The minimum atomic E-state index is -0.228. The van der Waals surface area contributed by atoms with Gasteiger partial charge in [0.25, 0.3) is 0 Å². The molecular weight excluding hydrogens is 577 g/mol. The summed E-state index contributed by atoms with van der Waals surface area (Å²) in [5.74, 6) is 1.77. The number of anilines is 1. The summed E-state index contributed by atoms with van der Waals surface area (Å²) in [6, 6.07) is 9.92. The highest BCUT2D eigenvalue weighted by Crippen LogP contribution is 2.31. The number of hydrogen-bond donors (Lipinski definition) is 1. The van der Waals surface area contributed by atoms with Crippen molar-refractivity contribution in [3.8, 4) is 22.9 Å². The molecule has 0 radical (unpaired) electrons. The third kappa shape index (κ3) is 7.30. The van der Waals surface area contributed by atoms with Crippen LogP contribution in [0.15, 0.2) is 42.7 Å². The summed E-state index contributed by atoms with van der Waals surface area (Å²) in [6.45, 7) is 7.89. The Bertz CT molecular complexity index is 1370. The van der Waals surface area contributed by atoms with E-state index in [4.69, 9.17) is 43.4 Å². The van der Waals surface area contributed by atoms with Gasteiger partial charge in [-0.1, -0.05) is 23.2 Å². The van der Waals surface area contributed by atoms with Gasteiger partial charge in [0.2, 0.25) is 17.7 Å². The van der Waals surface area contributed by atoms with Crippen LogP contribution >= 0.6 is 23.2 Å². The fourth-order valence-electron chi connectivity index (χ4n) is 5.81. The zero-order valence-electron chi connectivity index (χ0n) is 23.4. The number of piperidine rings is 1. The smallest absolute Gasteiger partial charge is 0.225 e. The molecule has 3 saturated heterocycles. The number of rotatable bonds is 9. The molecule has 5 heterocycles. The maximum atomic E-state index is 11.3. The molecule has 6 rings (SSSR count). The van der Waals surface area contributed by atoms with Crippen molar-refractivity contribution < 1.29 is 14.3 Å². The molecule has 0 unspecified atom stereocenters. The quantitative estimate of drug-likeness (QED) is 0.380. The molecule has 1 aromatic carbocycles. The van der Waals surface area contributed by atoms with Crippen molar-refractivity contribution in [3.05, 3.63) is 58.3 Å². The normalized spacial score (nSPS) is 19.0. The van der Waals surface area contributed by atoms with Crippen molar-refractivity contribution in [2.24, 2.45) is 11.7 Å². The minimum Gasteiger partial charge on any atom is -0.436 e. The van der Waals surface area contributed by atoms with Gasteiger partial charge in [0.1, 0.15) is 0 Å². The Balaban J connectivity index is 1.16. The first-order valence-corrected chi connectivity index (χ1v) is 15.2. The third-order valence-corrected chi connectivity index (χ3v) is 8.63. The highest BCUT2D eigenvalue weighted by Gasteiger charge is 2.29. The predicted molar refractivity (Wildman–Crippen MR) is 162 cm³/mol. The van der Waals surface area contributed by atoms with Crippen LogP contribution in [0.2, 0.25) is 10.0 Å². The Hall–Kier alpha value is -3.02. The van der Waals surface area contributed by atoms with Gasteiger partial charge in [0.05, 0.1) is 37.3 Å². The Labute approximate surface area is 255 Å². The van der Waals surface area contributed by atoms with E-state index in [1.54, 1.807) is 18.5 Å². The summed E-state index contributed by atoms with van der Waals surface area (Å²) in [6.07, 6.45) is 5.74. The molecule has 0 atom stereocenters. The van der Waals surface area contributed by atoms with Crippen LogP contribution in [0.5, 0.6) is 11.6 Å². The number of ether oxygens (including phenoxy) is 2. The fraction of sp³-hybridized carbons (Fsp3) is 0.467. The molecule has 0 spiro atoms. The van der Waals surface area contributed by atoms with E-state index in [1.807, 2.05) is 24.3 Å². The van der Waals surface area contributed by atoms with Crippen LogP contribution in [0.3, 0.4) is 0 Å². The molecule has 0 saturated carbocycles. The maximum absolute atomic E-state index is 11.3. The molecule has 10 nitrogen and oxygen atoms in total. The number of carbonyl (C=O) groups excluding carboxylic acids is 1. The molecule has 2 aromatic heterocycles. The number of benzene rings is 1. The van der Waals surface area contributed by atoms with Crippen LogP contribution in [0, 0.1) is 5.92 Å². The SMILES string of the molecule is NC(=O)CC1CCN(Cc2cc(Oc3cnc(N4CCN(C5COC5)CC4)nc3)nc(-c3cc(Cl)cc(Cl)c3)c2)CC1. The lowest BCUT2D eigenvalue weighted by molar-refractivity contribution is -0.119. The van der Waals surface area contributed by atoms with Crippen LogP contribution in [0.25, 0.3) is 11.3 Å². The third-order valence-electron chi connectivity index (χ3n) is 8.19. The number of nitrogens with two attached hydrogens (primary N) is 1. The number of piperazine rings is 1. The van der Waals surface area contributed by atoms with E-state index in [-0.39, 0.29) is 5.91 Å². The second-order valence-corrected chi connectivity index (χ2v) is 12.2. The van der Waals surface area contributed by atoms with Crippen LogP contribution in [0.1, 0.15) is 24.8 Å². The second-order valence-electron chi connectivity index (χ2n) is 11.3. The van der Waals surface area contributed by atoms with E-state index < -0.39 is 0 Å². The Morgan fingerprint density at radius 2 is 1.64 bits per heavy atom. The van der Waals surface area contributed by atoms with Crippen molar-refractivity contribution >= 4 is 35.1 Å². The van der Waals surface area contributed by atoms with Crippen molar-refractivity contribution in [2.45, 2.75) is 31.8 Å². The second kappa shape index (κ2) is 13.1. The number of halogens is 2. The number of likely N-dealkylation sites (tertiary alicyclic amines) is 1. The zero-order valence-corrected chi connectivity index (χ0v) is 24.9. The van der Waals surface area contributed by atoms with E-state index in [1.165, 1.54) is 0 Å². The first-order chi connectivity index (χ1) is 20.4. The predicted octanol–water partition coefficient (Wildman–Crippen LogP) is 4.25. The lowest BCUT2D eigenvalue weighted by Gasteiger charge is -2.42. The average molecular weight is 613 g/mol. The largest absolute Gasteiger partial charge is 0.436 e. The topological polar surface area (TPSA) is 110 Å². The first kappa shape index (κ1) is 29.1. The Kier molecular flexibility index (Phi) is 9.06. The number of carbonyl (C=O) groups is 1. The Morgan fingerprint density at radius 3 is 2.26 bits per heavy atom. The monoisotopic (exact) mass is 611 g/mol. The van der Waals surface area contributed by atoms with Gasteiger partial charge in [-0.2, -0.15) is 0 Å². The standard InChI is InChI=1S/C30H35Cl2N7O3/c31-23-12-22(13-24(32)14-23)27-9-21(17-37-3-1-20(2-4-37)10-28(33)40)11-29(36-27)42-26-15-34-30(35-16-26)39-7-5-38(6-8-39)25-18-41-19-25/h9,11-16,20,25H,1-8,10,17-19H2,(H2,33,40). The van der Waals surface area contributed by atoms with Gasteiger partial charge < -0.3 is 20.1 Å². The maximum Gasteiger partial charge on any atom is 0.225 e. The number of aromatic nitrogens is 3. The molecule has 3 fully saturated rings.